The normalized spacial score (nSPS) is 22.9. The van der Waals surface area contributed by atoms with Crippen LogP contribution in [0.1, 0.15) is 36.0 Å². The van der Waals surface area contributed by atoms with E-state index in [2.05, 4.69) is 10.6 Å². The minimum absolute atomic E-state index is 0.0344. The summed E-state index contributed by atoms with van der Waals surface area (Å²) in [5.41, 5.74) is 0.0608. The van der Waals surface area contributed by atoms with Crippen LogP contribution < -0.4 is 15.4 Å². The molecule has 2 aliphatic rings. The quantitative estimate of drug-likeness (QED) is 0.833. The van der Waals surface area contributed by atoms with Gasteiger partial charge in [-0.25, -0.2) is 4.39 Å². The summed E-state index contributed by atoms with van der Waals surface area (Å²) in [6.45, 7) is 2.57. The van der Waals surface area contributed by atoms with E-state index < -0.39 is 5.82 Å². The second kappa shape index (κ2) is 8.49. The SMILES string of the molecule is COc1ccc(C(=O)N2CCCC(CNC(=O)C3CCCN3)C2)c(F)c1. The second-order valence-corrected chi connectivity index (χ2v) is 7.00. The maximum atomic E-state index is 14.2. The highest BCUT2D eigenvalue weighted by Crippen LogP contribution is 2.22. The lowest BCUT2D eigenvalue weighted by Crippen LogP contribution is -2.46. The molecule has 0 saturated carbocycles. The van der Waals surface area contributed by atoms with Crippen molar-refractivity contribution in [2.24, 2.45) is 5.92 Å². The van der Waals surface area contributed by atoms with Gasteiger partial charge >= 0.3 is 0 Å². The molecule has 1 aromatic carbocycles. The molecule has 0 aliphatic carbocycles. The van der Waals surface area contributed by atoms with Gasteiger partial charge in [-0.3, -0.25) is 9.59 Å². The van der Waals surface area contributed by atoms with Gasteiger partial charge in [-0.2, -0.15) is 0 Å². The second-order valence-electron chi connectivity index (χ2n) is 7.00. The maximum absolute atomic E-state index is 14.2. The predicted molar refractivity (Wildman–Crippen MR) is 95.6 cm³/mol. The molecular formula is C19H26FN3O3. The molecular weight excluding hydrogens is 337 g/mol. The fourth-order valence-corrected chi connectivity index (χ4v) is 3.66. The fraction of sp³-hybridized carbons (Fsp3) is 0.579. The number of methoxy groups -OCH3 is 1. The molecule has 2 amide bonds. The molecule has 3 rings (SSSR count). The summed E-state index contributed by atoms with van der Waals surface area (Å²) in [6, 6.07) is 4.19. The van der Waals surface area contributed by atoms with Crippen LogP contribution in [0.3, 0.4) is 0 Å². The minimum atomic E-state index is -0.572. The van der Waals surface area contributed by atoms with Crippen LogP contribution in [0.2, 0.25) is 0 Å². The van der Waals surface area contributed by atoms with Gasteiger partial charge in [-0.05, 0) is 50.3 Å². The first-order valence-electron chi connectivity index (χ1n) is 9.22. The number of carbonyl (C=O) groups is 2. The summed E-state index contributed by atoms with van der Waals surface area (Å²) in [4.78, 5) is 26.5. The molecule has 0 bridgehead atoms. The molecule has 2 fully saturated rings. The molecule has 2 atom stereocenters. The van der Waals surface area contributed by atoms with Gasteiger partial charge in [0.25, 0.3) is 5.91 Å². The van der Waals surface area contributed by atoms with Crippen LogP contribution in [-0.2, 0) is 4.79 Å². The first kappa shape index (κ1) is 18.6. The molecule has 0 spiro atoms. The van der Waals surface area contributed by atoms with Crippen molar-refractivity contribution in [2.75, 3.05) is 33.3 Å². The lowest BCUT2D eigenvalue weighted by molar-refractivity contribution is -0.123. The number of likely N-dealkylation sites (tertiary alicyclic amines) is 1. The number of ether oxygens (including phenoxy) is 1. The van der Waals surface area contributed by atoms with E-state index in [-0.39, 0.29) is 29.3 Å². The van der Waals surface area contributed by atoms with E-state index in [0.29, 0.717) is 25.4 Å². The highest BCUT2D eigenvalue weighted by Gasteiger charge is 2.28. The number of benzene rings is 1. The number of halogens is 1. The number of carbonyl (C=O) groups excluding carboxylic acids is 2. The van der Waals surface area contributed by atoms with Crippen LogP contribution in [0.5, 0.6) is 5.75 Å². The third kappa shape index (κ3) is 4.33. The topological polar surface area (TPSA) is 70.7 Å². The molecule has 2 unspecified atom stereocenters. The third-order valence-corrected chi connectivity index (χ3v) is 5.15. The van der Waals surface area contributed by atoms with E-state index in [1.165, 1.54) is 19.2 Å². The Bertz CT molecular complexity index is 661. The third-order valence-electron chi connectivity index (χ3n) is 5.15. The van der Waals surface area contributed by atoms with Crippen LogP contribution in [0.4, 0.5) is 4.39 Å². The molecule has 0 aromatic heterocycles. The Kier molecular flexibility index (Phi) is 6.08. The van der Waals surface area contributed by atoms with Crippen LogP contribution in [-0.4, -0.2) is 56.0 Å². The summed E-state index contributed by atoms with van der Waals surface area (Å²) in [7, 11) is 1.46. The summed E-state index contributed by atoms with van der Waals surface area (Å²) < 4.78 is 19.2. The van der Waals surface area contributed by atoms with Crippen molar-refractivity contribution in [1.82, 2.24) is 15.5 Å². The monoisotopic (exact) mass is 363 g/mol. The fourth-order valence-electron chi connectivity index (χ4n) is 3.66. The highest BCUT2D eigenvalue weighted by molar-refractivity contribution is 5.94. The van der Waals surface area contributed by atoms with Gasteiger partial charge in [0, 0.05) is 25.7 Å². The van der Waals surface area contributed by atoms with Gasteiger partial charge in [-0.1, -0.05) is 0 Å². The summed E-state index contributed by atoms with van der Waals surface area (Å²) in [5, 5.41) is 6.17. The molecule has 2 heterocycles. The molecule has 6 nitrogen and oxygen atoms in total. The summed E-state index contributed by atoms with van der Waals surface area (Å²) >= 11 is 0. The van der Waals surface area contributed by atoms with Gasteiger partial charge in [0.2, 0.25) is 5.91 Å². The molecule has 7 heteroatoms. The summed E-state index contributed by atoms with van der Waals surface area (Å²) in [5.74, 6) is -0.263. The highest BCUT2D eigenvalue weighted by atomic mass is 19.1. The van der Waals surface area contributed by atoms with Crippen LogP contribution >= 0.6 is 0 Å². The molecule has 2 aliphatic heterocycles. The number of hydrogen-bond acceptors (Lipinski definition) is 4. The number of piperidine rings is 1. The van der Waals surface area contributed by atoms with E-state index in [1.54, 1.807) is 11.0 Å². The number of amides is 2. The summed E-state index contributed by atoms with van der Waals surface area (Å²) in [6.07, 6.45) is 3.70. The lowest BCUT2D eigenvalue weighted by Gasteiger charge is -2.33. The molecule has 1 aromatic rings. The van der Waals surface area contributed by atoms with E-state index in [9.17, 15) is 14.0 Å². The number of rotatable bonds is 5. The Hall–Kier alpha value is -2.15. The van der Waals surface area contributed by atoms with Gasteiger partial charge < -0.3 is 20.3 Å². The van der Waals surface area contributed by atoms with Crippen LogP contribution in [0.25, 0.3) is 0 Å². The first-order chi connectivity index (χ1) is 12.6. The number of hydrogen-bond donors (Lipinski definition) is 2. The van der Waals surface area contributed by atoms with Gasteiger partial charge in [0.1, 0.15) is 11.6 Å². The van der Waals surface area contributed by atoms with Crippen molar-refractivity contribution in [1.29, 1.82) is 0 Å². The molecule has 2 N–H and O–H groups in total. The van der Waals surface area contributed by atoms with Gasteiger partial charge in [0.05, 0.1) is 18.7 Å². The number of nitrogens with zero attached hydrogens (tertiary/aromatic N) is 1. The Morgan fingerprint density at radius 3 is 2.88 bits per heavy atom. The molecule has 0 radical (unpaired) electrons. The van der Waals surface area contributed by atoms with Crippen molar-refractivity contribution < 1.29 is 18.7 Å². The Morgan fingerprint density at radius 2 is 2.19 bits per heavy atom. The van der Waals surface area contributed by atoms with Crippen molar-refractivity contribution in [3.63, 3.8) is 0 Å². The van der Waals surface area contributed by atoms with Crippen LogP contribution in [0, 0.1) is 11.7 Å². The lowest BCUT2D eigenvalue weighted by atomic mass is 9.97. The van der Waals surface area contributed by atoms with Gasteiger partial charge in [0.15, 0.2) is 0 Å². The predicted octanol–water partition coefficient (Wildman–Crippen LogP) is 1.55. The molecule has 26 heavy (non-hydrogen) atoms. The van der Waals surface area contributed by atoms with Gasteiger partial charge in [-0.15, -0.1) is 0 Å². The zero-order valence-corrected chi connectivity index (χ0v) is 15.1. The van der Waals surface area contributed by atoms with E-state index >= 15 is 0 Å². The molecule has 2 saturated heterocycles. The minimum Gasteiger partial charge on any atom is -0.497 e. The smallest absolute Gasteiger partial charge is 0.256 e. The van der Waals surface area contributed by atoms with E-state index in [4.69, 9.17) is 4.74 Å². The first-order valence-corrected chi connectivity index (χ1v) is 9.22. The van der Waals surface area contributed by atoms with E-state index in [0.717, 1.165) is 32.2 Å². The Morgan fingerprint density at radius 1 is 1.35 bits per heavy atom. The zero-order chi connectivity index (χ0) is 18.5. The van der Waals surface area contributed by atoms with Crippen molar-refractivity contribution in [3.05, 3.63) is 29.6 Å². The van der Waals surface area contributed by atoms with Crippen molar-refractivity contribution in [2.45, 2.75) is 31.7 Å². The average Bonchev–Trinajstić information content (AvgIpc) is 3.20. The van der Waals surface area contributed by atoms with E-state index in [1.807, 2.05) is 0 Å². The number of nitrogens with one attached hydrogen (secondary N) is 2. The average molecular weight is 363 g/mol. The van der Waals surface area contributed by atoms with Crippen molar-refractivity contribution in [3.8, 4) is 5.75 Å². The van der Waals surface area contributed by atoms with Crippen molar-refractivity contribution >= 4 is 11.8 Å². The Labute approximate surface area is 153 Å². The van der Waals surface area contributed by atoms with Crippen LogP contribution in [0.15, 0.2) is 18.2 Å². The standard InChI is InChI=1S/C19H26FN3O3/c1-26-14-6-7-15(16(20)10-14)19(25)23-9-3-4-13(12-23)11-22-18(24)17-5-2-8-21-17/h6-7,10,13,17,21H,2-5,8-9,11-12H2,1H3,(H,22,24). The largest absolute Gasteiger partial charge is 0.497 e. The Balaban J connectivity index is 1.55. The molecule has 142 valence electrons. The zero-order valence-electron chi connectivity index (χ0n) is 15.1. The maximum Gasteiger partial charge on any atom is 0.256 e.